The van der Waals surface area contributed by atoms with Crippen molar-refractivity contribution in [2.75, 3.05) is 6.61 Å². The van der Waals surface area contributed by atoms with E-state index in [0.29, 0.717) is 11.3 Å². The Morgan fingerprint density at radius 2 is 2.00 bits per heavy atom. The summed E-state index contributed by atoms with van der Waals surface area (Å²) in [6, 6.07) is 7.42. The molecule has 0 bridgehead atoms. The number of halogens is 1. The maximum Gasteiger partial charge on any atom is 0.144 e. The summed E-state index contributed by atoms with van der Waals surface area (Å²) in [5, 5.41) is 0.442. The van der Waals surface area contributed by atoms with Crippen molar-refractivity contribution < 1.29 is 9.53 Å². The van der Waals surface area contributed by atoms with E-state index in [2.05, 4.69) is 6.92 Å². The molecule has 0 fully saturated rings. The second-order valence-corrected chi connectivity index (χ2v) is 4.14. The first kappa shape index (κ1) is 13.8. The monoisotopic (exact) mass is 252 g/mol. The average Bonchev–Trinajstić information content (AvgIpc) is 2.36. The number of ether oxygens (including phenoxy) is 1. The number of aldehydes is 1. The summed E-state index contributed by atoms with van der Waals surface area (Å²) in [6.07, 6.45) is 5.46. The second kappa shape index (κ2) is 7.91. The van der Waals surface area contributed by atoms with Gasteiger partial charge in [-0.1, -0.05) is 31.4 Å². The predicted molar refractivity (Wildman–Crippen MR) is 71.4 cm³/mol. The number of carbonyl (C=O) groups is 1. The molecule has 0 aliphatic rings. The molecule has 92 valence electrons. The van der Waals surface area contributed by atoms with Gasteiger partial charge >= 0.3 is 0 Å². The molecular weight excluding hydrogens is 236 g/mol. The topological polar surface area (TPSA) is 26.3 Å². The number of benzene rings is 1. The molecule has 2 nitrogen and oxygen atoms in total. The van der Waals surface area contributed by atoms with Crippen LogP contribution in [0.2, 0.25) is 0 Å². The van der Waals surface area contributed by atoms with E-state index in [9.17, 15) is 4.79 Å². The molecule has 17 heavy (non-hydrogen) atoms. The maximum absolute atomic E-state index is 10.3. The minimum atomic E-state index is 0.442. The number of carbonyl (C=O) groups excluding carboxylic acids is 1. The molecule has 1 aromatic rings. The van der Waals surface area contributed by atoms with Crippen LogP contribution in [0.4, 0.5) is 0 Å². The van der Waals surface area contributed by atoms with Crippen molar-refractivity contribution in [2.24, 2.45) is 0 Å². The van der Waals surface area contributed by atoms with Crippen molar-refractivity contribution in [3.8, 4) is 5.75 Å². The Balaban J connectivity index is 2.50. The lowest BCUT2D eigenvalue weighted by Gasteiger charge is -2.06. The normalized spacial score (nSPS) is 11.3. The lowest BCUT2D eigenvalue weighted by atomic mass is 10.2. The molecule has 0 aromatic heterocycles. The summed E-state index contributed by atoms with van der Waals surface area (Å²) in [4.78, 5) is 10.3. The first-order chi connectivity index (χ1) is 8.27. The standard InChI is InChI=1S/C14H17ClO2/c1-2-3-4-11-17-13-7-5-12(6-8-13)14(15)9-10-16/h5-10H,2-4,11H2,1H3/b14-9+. The van der Waals surface area contributed by atoms with Gasteiger partial charge in [0.15, 0.2) is 0 Å². The fraction of sp³-hybridized carbons (Fsp3) is 0.357. The van der Waals surface area contributed by atoms with Gasteiger partial charge in [-0.3, -0.25) is 4.79 Å². The van der Waals surface area contributed by atoms with Crippen molar-refractivity contribution in [3.05, 3.63) is 35.9 Å². The third kappa shape index (κ3) is 5.05. The Morgan fingerprint density at radius 1 is 1.29 bits per heavy atom. The van der Waals surface area contributed by atoms with Crippen molar-refractivity contribution in [2.45, 2.75) is 26.2 Å². The zero-order valence-corrected chi connectivity index (χ0v) is 10.7. The lowest BCUT2D eigenvalue weighted by Crippen LogP contribution is -1.96. The molecule has 0 saturated heterocycles. The average molecular weight is 253 g/mol. The van der Waals surface area contributed by atoms with Gasteiger partial charge in [0.05, 0.1) is 11.6 Å². The number of hydrogen-bond acceptors (Lipinski definition) is 2. The van der Waals surface area contributed by atoms with Gasteiger partial charge in [-0.25, -0.2) is 0 Å². The predicted octanol–water partition coefficient (Wildman–Crippen LogP) is 4.03. The van der Waals surface area contributed by atoms with Crippen LogP contribution in [0.5, 0.6) is 5.75 Å². The Bertz CT molecular complexity index is 368. The highest BCUT2D eigenvalue weighted by Gasteiger charge is 1.98. The fourth-order valence-electron chi connectivity index (χ4n) is 1.41. The molecule has 0 aliphatic heterocycles. The molecule has 0 atom stereocenters. The summed E-state index contributed by atoms with van der Waals surface area (Å²) in [6.45, 7) is 2.90. The van der Waals surface area contributed by atoms with Crippen LogP contribution >= 0.6 is 11.6 Å². The van der Waals surface area contributed by atoms with Crippen LogP contribution < -0.4 is 4.74 Å². The largest absolute Gasteiger partial charge is 0.494 e. The van der Waals surface area contributed by atoms with Crippen LogP contribution in [0.15, 0.2) is 30.3 Å². The molecule has 3 heteroatoms. The smallest absolute Gasteiger partial charge is 0.144 e. The summed E-state index contributed by atoms with van der Waals surface area (Å²) in [7, 11) is 0. The van der Waals surface area contributed by atoms with E-state index in [1.165, 1.54) is 18.9 Å². The van der Waals surface area contributed by atoms with Crippen molar-refractivity contribution in [3.63, 3.8) is 0 Å². The fourth-order valence-corrected chi connectivity index (χ4v) is 1.59. The quantitative estimate of drug-likeness (QED) is 0.416. The van der Waals surface area contributed by atoms with E-state index < -0.39 is 0 Å². The highest BCUT2D eigenvalue weighted by Crippen LogP contribution is 2.21. The SMILES string of the molecule is CCCCCOc1ccc(/C(Cl)=C\C=O)cc1. The second-order valence-electron chi connectivity index (χ2n) is 3.73. The first-order valence-electron chi connectivity index (χ1n) is 5.82. The molecule has 0 spiro atoms. The van der Waals surface area contributed by atoms with Crippen LogP contribution in [0.25, 0.3) is 5.03 Å². The third-order valence-electron chi connectivity index (χ3n) is 2.36. The molecule has 0 saturated carbocycles. The minimum absolute atomic E-state index is 0.442. The molecule has 0 radical (unpaired) electrons. The molecular formula is C14H17ClO2. The van der Waals surface area contributed by atoms with Crippen LogP contribution in [0.1, 0.15) is 31.7 Å². The number of hydrogen-bond donors (Lipinski definition) is 0. The van der Waals surface area contributed by atoms with Gasteiger partial charge in [0.1, 0.15) is 12.0 Å². The van der Waals surface area contributed by atoms with Gasteiger partial charge < -0.3 is 4.74 Å². The van der Waals surface area contributed by atoms with E-state index >= 15 is 0 Å². The van der Waals surface area contributed by atoms with E-state index in [0.717, 1.165) is 24.3 Å². The molecule has 0 aliphatic carbocycles. The van der Waals surface area contributed by atoms with Gasteiger partial charge in [-0.15, -0.1) is 0 Å². The third-order valence-corrected chi connectivity index (χ3v) is 2.71. The lowest BCUT2D eigenvalue weighted by molar-refractivity contribution is -0.104. The van der Waals surface area contributed by atoms with Crippen LogP contribution in [-0.2, 0) is 4.79 Å². The van der Waals surface area contributed by atoms with Crippen LogP contribution in [0, 0.1) is 0 Å². The summed E-state index contributed by atoms with van der Waals surface area (Å²) < 4.78 is 5.57. The van der Waals surface area contributed by atoms with Crippen LogP contribution in [0.3, 0.4) is 0 Å². The van der Waals surface area contributed by atoms with Gasteiger partial charge in [0.2, 0.25) is 0 Å². The molecule has 0 N–H and O–H groups in total. The Kier molecular flexibility index (Phi) is 6.41. The van der Waals surface area contributed by atoms with E-state index in [1.54, 1.807) is 0 Å². The Hall–Kier alpha value is -1.28. The molecule has 0 heterocycles. The summed E-state index contributed by atoms with van der Waals surface area (Å²) in [5.41, 5.74) is 0.819. The van der Waals surface area contributed by atoms with Crippen molar-refractivity contribution >= 4 is 22.9 Å². The van der Waals surface area contributed by atoms with Crippen molar-refractivity contribution in [1.29, 1.82) is 0 Å². The zero-order chi connectivity index (χ0) is 12.5. The van der Waals surface area contributed by atoms with E-state index in [4.69, 9.17) is 16.3 Å². The minimum Gasteiger partial charge on any atom is -0.494 e. The molecule has 1 rings (SSSR count). The van der Waals surface area contributed by atoms with Crippen molar-refractivity contribution in [1.82, 2.24) is 0 Å². The highest BCUT2D eigenvalue weighted by atomic mass is 35.5. The van der Waals surface area contributed by atoms with E-state index in [1.807, 2.05) is 24.3 Å². The Morgan fingerprint density at radius 3 is 2.59 bits per heavy atom. The molecule has 1 aromatic carbocycles. The number of unbranched alkanes of at least 4 members (excludes halogenated alkanes) is 2. The first-order valence-corrected chi connectivity index (χ1v) is 6.20. The molecule has 0 unspecified atom stereocenters. The Labute approximate surface area is 107 Å². The van der Waals surface area contributed by atoms with Gasteiger partial charge in [-0.2, -0.15) is 0 Å². The number of rotatable bonds is 7. The number of allylic oxidation sites excluding steroid dienone is 1. The summed E-state index contributed by atoms with van der Waals surface area (Å²) >= 11 is 5.89. The molecule has 0 amide bonds. The van der Waals surface area contributed by atoms with E-state index in [-0.39, 0.29) is 0 Å². The maximum atomic E-state index is 10.3. The highest BCUT2D eigenvalue weighted by molar-refractivity contribution is 6.49. The van der Waals surface area contributed by atoms with Gasteiger partial charge in [-0.05, 0) is 42.3 Å². The van der Waals surface area contributed by atoms with Gasteiger partial charge in [0, 0.05) is 0 Å². The van der Waals surface area contributed by atoms with Gasteiger partial charge in [0.25, 0.3) is 0 Å². The zero-order valence-electron chi connectivity index (χ0n) is 9.99. The van der Waals surface area contributed by atoms with Crippen LogP contribution in [-0.4, -0.2) is 12.9 Å². The summed E-state index contributed by atoms with van der Waals surface area (Å²) in [5.74, 6) is 0.834.